The number of aromatic nitrogens is 3. The molecule has 19 heavy (non-hydrogen) atoms. The molecule has 0 aliphatic rings. The first-order chi connectivity index (χ1) is 9.08. The van der Waals surface area contributed by atoms with Crippen molar-refractivity contribution in [2.45, 2.75) is 19.5 Å². The molecule has 5 nitrogen and oxygen atoms in total. The molecule has 2 aromatic rings. The summed E-state index contributed by atoms with van der Waals surface area (Å²) >= 11 is 9.42. The van der Waals surface area contributed by atoms with E-state index < -0.39 is 6.04 Å². The fourth-order valence-electron chi connectivity index (χ4n) is 1.53. The highest BCUT2D eigenvalue weighted by Crippen LogP contribution is 2.21. The predicted octanol–water partition coefficient (Wildman–Crippen LogP) is 2.57. The van der Waals surface area contributed by atoms with Crippen LogP contribution in [0.4, 0.5) is 0 Å². The molecule has 0 saturated carbocycles. The maximum absolute atomic E-state index is 11.9. The van der Waals surface area contributed by atoms with Gasteiger partial charge < -0.3 is 5.32 Å². The highest BCUT2D eigenvalue weighted by Gasteiger charge is 2.15. The van der Waals surface area contributed by atoms with Crippen LogP contribution in [0.1, 0.15) is 18.5 Å². The summed E-state index contributed by atoms with van der Waals surface area (Å²) in [6.45, 7) is 2.14. The van der Waals surface area contributed by atoms with Gasteiger partial charge in [-0.2, -0.15) is 5.10 Å². The molecule has 7 heteroatoms. The molecule has 1 amide bonds. The third kappa shape index (κ3) is 3.54. The van der Waals surface area contributed by atoms with Gasteiger partial charge in [0.25, 0.3) is 0 Å². The Balaban J connectivity index is 1.97. The van der Waals surface area contributed by atoms with Crippen LogP contribution in [0.2, 0.25) is 5.02 Å². The first-order valence-corrected chi connectivity index (χ1v) is 6.81. The fourth-order valence-corrected chi connectivity index (χ4v) is 2.27. The number of amides is 1. The smallest absolute Gasteiger partial charge is 0.244 e. The fraction of sp³-hybridized carbons (Fsp3) is 0.250. The number of benzene rings is 1. The van der Waals surface area contributed by atoms with Crippen LogP contribution < -0.4 is 5.32 Å². The largest absolute Gasteiger partial charge is 0.350 e. The average molecular weight is 344 g/mol. The molecule has 0 saturated heterocycles. The predicted molar refractivity (Wildman–Crippen MR) is 75.7 cm³/mol. The highest BCUT2D eigenvalue weighted by molar-refractivity contribution is 9.10. The van der Waals surface area contributed by atoms with Crippen LogP contribution in [-0.4, -0.2) is 20.7 Å². The topological polar surface area (TPSA) is 59.8 Å². The van der Waals surface area contributed by atoms with Gasteiger partial charge in [-0.25, -0.2) is 9.67 Å². The molecule has 0 aliphatic heterocycles. The second-order valence-electron chi connectivity index (χ2n) is 4.01. The number of hydrogen-bond donors (Lipinski definition) is 1. The van der Waals surface area contributed by atoms with Crippen molar-refractivity contribution >= 4 is 33.4 Å². The number of halogens is 2. The van der Waals surface area contributed by atoms with E-state index in [0.29, 0.717) is 11.6 Å². The number of nitrogens with zero attached hydrogens (tertiary/aromatic N) is 3. The normalized spacial score (nSPS) is 12.2. The molecule has 1 N–H and O–H groups in total. The van der Waals surface area contributed by atoms with E-state index in [9.17, 15) is 4.79 Å². The van der Waals surface area contributed by atoms with Gasteiger partial charge in [-0.05, 0) is 24.6 Å². The van der Waals surface area contributed by atoms with Crippen molar-refractivity contribution < 1.29 is 4.79 Å². The maximum Gasteiger partial charge on any atom is 0.244 e. The molecule has 100 valence electrons. The maximum atomic E-state index is 11.9. The Kier molecular flexibility index (Phi) is 4.55. The van der Waals surface area contributed by atoms with Crippen molar-refractivity contribution in [3.05, 3.63) is 45.9 Å². The van der Waals surface area contributed by atoms with Crippen LogP contribution in [0.5, 0.6) is 0 Å². The lowest BCUT2D eigenvalue weighted by molar-refractivity contribution is -0.124. The van der Waals surface area contributed by atoms with E-state index in [1.807, 2.05) is 12.1 Å². The summed E-state index contributed by atoms with van der Waals surface area (Å²) in [7, 11) is 0. The van der Waals surface area contributed by atoms with Gasteiger partial charge in [0.05, 0.1) is 0 Å². The Morgan fingerprint density at radius 3 is 3.00 bits per heavy atom. The third-order valence-corrected chi connectivity index (χ3v) is 3.53. The van der Waals surface area contributed by atoms with Crippen molar-refractivity contribution in [2.24, 2.45) is 0 Å². The Morgan fingerprint density at radius 2 is 2.37 bits per heavy atom. The lowest BCUT2D eigenvalue weighted by Gasteiger charge is -2.12. The lowest BCUT2D eigenvalue weighted by atomic mass is 10.2. The van der Waals surface area contributed by atoms with E-state index in [0.717, 1.165) is 10.0 Å². The van der Waals surface area contributed by atoms with Crippen molar-refractivity contribution in [1.29, 1.82) is 0 Å². The summed E-state index contributed by atoms with van der Waals surface area (Å²) in [5.41, 5.74) is 0.865. The average Bonchev–Trinajstić information content (AvgIpc) is 2.90. The quantitative estimate of drug-likeness (QED) is 0.928. The number of carbonyl (C=O) groups excluding carboxylic acids is 1. The van der Waals surface area contributed by atoms with Crippen LogP contribution in [-0.2, 0) is 11.3 Å². The molecular weight excluding hydrogens is 332 g/mol. The summed E-state index contributed by atoms with van der Waals surface area (Å²) in [5.74, 6) is -0.135. The molecule has 1 aromatic carbocycles. The van der Waals surface area contributed by atoms with Crippen LogP contribution in [0.15, 0.2) is 35.3 Å². The monoisotopic (exact) mass is 342 g/mol. The molecule has 1 atom stereocenters. The second-order valence-corrected chi connectivity index (χ2v) is 5.33. The Labute approximate surface area is 124 Å². The van der Waals surface area contributed by atoms with Crippen LogP contribution >= 0.6 is 27.5 Å². The minimum Gasteiger partial charge on any atom is -0.350 e. The standard InChI is InChI=1S/C12H12BrClN4O/c1-8(18-7-15-6-17-18)12(19)16-5-9-2-3-10(13)4-11(9)14/h2-4,6-8H,5H2,1H3,(H,16,19)/t8-/m0/s1. The van der Waals surface area contributed by atoms with Gasteiger partial charge in [0.1, 0.15) is 18.7 Å². The lowest BCUT2D eigenvalue weighted by Crippen LogP contribution is -2.30. The van der Waals surface area contributed by atoms with E-state index in [1.165, 1.54) is 17.3 Å². The molecule has 0 bridgehead atoms. The van der Waals surface area contributed by atoms with Gasteiger partial charge in [-0.15, -0.1) is 0 Å². The van der Waals surface area contributed by atoms with E-state index in [2.05, 4.69) is 31.3 Å². The Morgan fingerprint density at radius 1 is 1.58 bits per heavy atom. The van der Waals surface area contributed by atoms with Gasteiger partial charge in [-0.1, -0.05) is 33.6 Å². The number of nitrogens with one attached hydrogen (secondary N) is 1. The zero-order valence-corrected chi connectivity index (χ0v) is 12.5. The summed E-state index contributed by atoms with van der Waals surface area (Å²) in [6, 6.07) is 5.14. The SMILES string of the molecule is C[C@@H](C(=O)NCc1ccc(Br)cc1Cl)n1cncn1. The number of rotatable bonds is 4. The molecule has 0 fully saturated rings. The summed E-state index contributed by atoms with van der Waals surface area (Å²) < 4.78 is 2.40. The van der Waals surface area contributed by atoms with Gasteiger partial charge in [-0.3, -0.25) is 4.79 Å². The zero-order valence-electron chi connectivity index (χ0n) is 10.2. The van der Waals surface area contributed by atoms with Crippen molar-refractivity contribution in [3.63, 3.8) is 0 Å². The first-order valence-electron chi connectivity index (χ1n) is 5.63. The van der Waals surface area contributed by atoms with Gasteiger partial charge in [0.2, 0.25) is 5.91 Å². The van der Waals surface area contributed by atoms with Crippen molar-refractivity contribution in [1.82, 2.24) is 20.1 Å². The molecule has 0 radical (unpaired) electrons. The van der Waals surface area contributed by atoms with E-state index in [1.54, 1.807) is 13.0 Å². The molecule has 0 unspecified atom stereocenters. The van der Waals surface area contributed by atoms with Crippen molar-refractivity contribution in [2.75, 3.05) is 0 Å². The molecule has 2 rings (SSSR count). The van der Waals surface area contributed by atoms with Gasteiger partial charge >= 0.3 is 0 Å². The number of carbonyl (C=O) groups is 1. The third-order valence-electron chi connectivity index (χ3n) is 2.68. The second kappa shape index (κ2) is 6.16. The number of hydrogen-bond acceptors (Lipinski definition) is 3. The van der Waals surface area contributed by atoms with E-state index >= 15 is 0 Å². The molecule has 1 heterocycles. The summed E-state index contributed by atoms with van der Waals surface area (Å²) in [4.78, 5) is 15.8. The zero-order chi connectivity index (χ0) is 13.8. The Bertz CT molecular complexity index is 573. The van der Waals surface area contributed by atoms with E-state index in [-0.39, 0.29) is 5.91 Å². The van der Waals surface area contributed by atoms with Gasteiger partial charge in [0.15, 0.2) is 0 Å². The highest BCUT2D eigenvalue weighted by atomic mass is 79.9. The van der Waals surface area contributed by atoms with Crippen molar-refractivity contribution in [3.8, 4) is 0 Å². The molecule has 0 spiro atoms. The molecule has 0 aliphatic carbocycles. The van der Waals surface area contributed by atoms with Crippen LogP contribution in [0.25, 0.3) is 0 Å². The van der Waals surface area contributed by atoms with E-state index in [4.69, 9.17) is 11.6 Å². The molecular formula is C12H12BrClN4O. The van der Waals surface area contributed by atoms with Gasteiger partial charge in [0, 0.05) is 16.0 Å². The van der Waals surface area contributed by atoms with Crippen LogP contribution in [0, 0.1) is 0 Å². The van der Waals surface area contributed by atoms with Crippen LogP contribution in [0.3, 0.4) is 0 Å². The minimum absolute atomic E-state index is 0.135. The summed E-state index contributed by atoms with van der Waals surface area (Å²) in [6.07, 6.45) is 2.91. The minimum atomic E-state index is -0.406. The summed E-state index contributed by atoms with van der Waals surface area (Å²) in [5, 5.41) is 7.37. The molecule has 1 aromatic heterocycles. The first kappa shape index (κ1) is 14.0. The Hall–Kier alpha value is -1.40.